The summed E-state index contributed by atoms with van der Waals surface area (Å²) < 4.78 is 2.61. The van der Waals surface area contributed by atoms with Crippen molar-refractivity contribution in [1.82, 2.24) is 9.47 Å². The summed E-state index contributed by atoms with van der Waals surface area (Å²) in [4.78, 5) is 2.62. The maximum absolute atomic E-state index is 6.04. The summed E-state index contributed by atoms with van der Waals surface area (Å²) in [6, 6.07) is 16.6. The van der Waals surface area contributed by atoms with Crippen LogP contribution in [0.1, 0.15) is 41.3 Å². The summed E-state index contributed by atoms with van der Waals surface area (Å²) in [7, 11) is 2.32. The second kappa shape index (κ2) is 6.14. The zero-order valence-electron chi connectivity index (χ0n) is 15.5. The number of aryl methyl sites for hydroxylation is 3. The molecule has 3 aromatic rings. The zero-order valence-corrected chi connectivity index (χ0v) is 16.3. The number of benzene rings is 2. The molecule has 134 valence electrons. The Labute approximate surface area is 160 Å². The van der Waals surface area contributed by atoms with Crippen molar-refractivity contribution in [3.63, 3.8) is 0 Å². The van der Waals surface area contributed by atoms with Crippen LogP contribution in [0.15, 0.2) is 42.5 Å². The maximum atomic E-state index is 6.04. The molecule has 5 rings (SSSR count). The summed E-state index contributed by atoms with van der Waals surface area (Å²) in [5.74, 6) is 0. The van der Waals surface area contributed by atoms with Gasteiger partial charge in [0.1, 0.15) is 0 Å². The third-order valence-corrected chi connectivity index (χ3v) is 6.76. The average Bonchev–Trinajstić information content (AvgIpc) is 3.04. The number of hydrogen-bond acceptors (Lipinski definition) is 1. The Morgan fingerprint density at radius 1 is 1.08 bits per heavy atom. The van der Waals surface area contributed by atoms with Crippen molar-refractivity contribution in [2.75, 3.05) is 7.05 Å². The Bertz CT molecular complexity index is 970. The van der Waals surface area contributed by atoms with E-state index in [9.17, 15) is 0 Å². The number of nitrogens with zero attached hydrogens (tertiary/aromatic N) is 2. The number of halogens is 1. The van der Waals surface area contributed by atoms with Crippen LogP contribution in [-0.2, 0) is 19.4 Å². The van der Waals surface area contributed by atoms with Gasteiger partial charge in [-0.15, -0.1) is 0 Å². The summed E-state index contributed by atoms with van der Waals surface area (Å²) in [6.45, 7) is 3.25. The van der Waals surface area contributed by atoms with Crippen molar-refractivity contribution < 1.29 is 0 Å². The molecule has 2 aliphatic rings. The SMILES string of the molecule is Cc1ccc2c(c1)c1c(n2CCc2ccc(Cl)cc2)C[C@H]2CC[C@@H]1N2C. The lowest BCUT2D eigenvalue weighted by Gasteiger charge is -2.32. The van der Waals surface area contributed by atoms with Crippen molar-refractivity contribution in [2.24, 2.45) is 0 Å². The molecule has 0 unspecified atom stereocenters. The predicted octanol–water partition coefficient (Wildman–Crippen LogP) is 5.54. The van der Waals surface area contributed by atoms with E-state index >= 15 is 0 Å². The molecule has 0 N–H and O–H groups in total. The predicted molar refractivity (Wildman–Crippen MR) is 109 cm³/mol. The molecule has 1 saturated heterocycles. The highest BCUT2D eigenvalue weighted by atomic mass is 35.5. The van der Waals surface area contributed by atoms with E-state index in [1.165, 1.54) is 41.3 Å². The first-order chi connectivity index (χ1) is 12.6. The minimum Gasteiger partial charge on any atom is -0.344 e. The summed E-state index contributed by atoms with van der Waals surface area (Å²) in [5, 5.41) is 2.29. The Morgan fingerprint density at radius 2 is 1.88 bits per heavy atom. The van der Waals surface area contributed by atoms with E-state index in [0.717, 1.165) is 18.0 Å². The quantitative estimate of drug-likeness (QED) is 0.592. The van der Waals surface area contributed by atoms with E-state index < -0.39 is 0 Å². The Balaban J connectivity index is 1.59. The molecular formula is C23H25ClN2. The van der Waals surface area contributed by atoms with E-state index in [0.29, 0.717) is 12.1 Å². The molecule has 2 atom stereocenters. The molecule has 26 heavy (non-hydrogen) atoms. The average molecular weight is 365 g/mol. The van der Waals surface area contributed by atoms with Crippen LogP contribution in [-0.4, -0.2) is 22.6 Å². The molecule has 0 aliphatic carbocycles. The van der Waals surface area contributed by atoms with E-state index in [2.05, 4.69) is 53.8 Å². The summed E-state index contributed by atoms with van der Waals surface area (Å²) >= 11 is 6.04. The molecule has 2 aliphatic heterocycles. The lowest BCUT2D eigenvalue weighted by molar-refractivity contribution is 0.222. The van der Waals surface area contributed by atoms with E-state index in [1.807, 2.05) is 12.1 Å². The maximum Gasteiger partial charge on any atom is 0.0486 e. The molecule has 3 heteroatoms. The van der Waals surface area contributed by atoms with Gasteiger partial charge in [0.15, 0.2) is 0 Å². The van der Waals surface area contributed by atoms with Crippen molar-refractivity contribution in [3.8, 4) is 0 Å². The number of hydrogen-bond donors (Lipinski definition) is 0. The molecule has 1 aromatic heterocycles. The van der Waals surface area contributed by atoms with Gasteiger partial charge < -0.3 is 4.57 Å². The monoisotopic (exact) mass is 364 g/mol. The first kappa shape index (κ1) is 16.4. The van der Waals surface area contributed by atoms with Gasteiger partial charge in [0, 0.05) is 46.7 Å². The lowest BCUT2D eigenvalue weighted by atomic mass is 9.97. The third kappa shape index (κ3) is 2.51. The second-order valence-corrected chi connectivity index (χ2v) is 8.46. The summed E-state index contributed by atoms with van der Waals surface area (Å²) in [6.07, 6.45) is 4.88. The van der Waals surface area contributed by atoms with Gasteiger partial charge in [-0.1, -0.05) is 35.4 Å². The molecule has 2 aromatic carbocycles. The summed E-state index contributed by atoms with van der Waals surface area (Å²) in [5.41, 5.74) is 7.32. The first-order valence-electron chi connectivity index (χ1n) is 9.70. The van der Waals surface area contributed by atoms with Gasteiger partial charge in [-0.2, -0.15) is 0 Å². The lowest BCUT2D eigenvalue weighted by Crippen LogP contribution is -2.34. The van der Waals surface area contributed by atoms with Crippen LogP contribution in [0, 0.1) is 6.92 Å². The first-order valence-corrected chi connectivity index (χ1v) is 10.1. The van der Waals surface area contributed by atoms with Gasteiger partial charge >= 0.3 is 0 Å². The highest BCUT2D eigenvalue weighted by Gasteiger charge is 2.40. The minimum atomic E-state index is 0.602. The Hall–Kier alpha value is -1.77. The normalized spacial score (nSPS) is 22.1. The van der Waals surface area contributed by atoms with Gasteiger partial charge in [0.2, 0.25) is 0 Å². The van der Waals surface area contributed by atoms with Crippen LogP contribution in [0.3, 0.4) is 0 Å². The van der Waals surface area contributed by atoms with E-state index in [1.54, 1.807) is 11.3 Å². The van der Waals surface area contributed by atoms with Crippen molar-refractivity contribution >= 4 is 22.5 Å². The molecule has 0 amide bonds. The highest BCUT2D eigenvalue weighted by Crippen LogP contribution is 2.46. The molecule has 3 heterocycles. The van der Waals surface area contributed by atoms with Crippen molar-refractivity contribution in [2.45, 2.75) is 51.2 Å². The Kier molecular flexibility index (Phi) is 3.88. The van der Waals surface area contributed by atoms with Crippen LogP contribution in [0.2, 0.25) is 5.02 Å². The molecule has 0 radical (unpaired) electrons. The van der Waals surface area contributed by atoms with Gasteiger partial charge in [-0.25, -0.2) is 0 Å². The number of likely N-dealkylation sites (N-methyl/N-ethyl adjacent to an activating group) is 1. The standard InChI is InChI=1S/C23H25ClN2/c1-15-3-9-20-19(13-15)23-21-10-8-18(25(21)2)14-22(23)26(20)12-11-16-4-6-17(24)7-5-16/h3-7,9,13,18,21H,8,10-12,14H2,1-2H3/t18-,21+/m1/s1. The molecule has 2 nitrogen and oxygen atoms in total. The van der Waals surface area contributed by atoms with E-state index in [-0.39, 0.29) is 0 Å². The smallest absolute Gasteiger partial charge is 0.0486 e. The Morgan fingerprint density at radius 3 is 2.69 bits per heavy atom. The number of aromatic nitrogens is 1. The highest BCUT2D eigenvalue weighted by molar-refractivity contribution is 6.30. The fraction of sp³-hybridized carbons (Fsp3) is 0.391. The molecular weight excluding hydrogens is 340 g/mol. The molecule has 0 saturated carbocycles. The minimum absolute atomic E-state index is 0.602. The molecule has 2 bridgehead atoms. The fourth-order valence-corrected chi connectivity index (χ4v) is 5.24. The second-order valence-electron chi connectivity index (χ2n) is 8.03. The third-order valence-electron chi connectivity index (χ3n) is 6.51. The van der Waals surface area contributed by atoms with Crippen molar-refractivity contribution in [1.29, 1.82) is 0 Å². The number of rotatable bonds is 3. The molecule has 0 spiro atoms. The van der Waals surface area contributed by atoms with Crippen molar-refractivity contribution in [3.05, 3.63) is 69.9 Å². The van der Waals surface area contributed by atoms with Crippen LogP contribution in [0.25, 0.3) is 10.9 Å². The van der Waals surface area contributed by atoms with E-state index in [4.69, 9.17) is 11.6 Å². The van der Waals surface area contributed by atoms with Crippen LogP contribution < -0.4 is 0 Å². The topological polar surface area (TPSA) is 8.17 Å². The van der Waals surface area contributed by atoms with Gasteiger partial charge in [-0.05, 0) is 68.6 Å². The van der Waals surface area contributed by atoms with Gasteiger partial charge in [-0.3, -0.25) is 4.90 Å². The fourth-order valence-electron chi connectivity index (χ4n) is 5.12. The van der Waals surface area contributed by atoms with Crippen LogP contribution in [0.4, 0.5) is 0 Å². The largest absolute Gasteiger partial charge is 0.344 e. The molecule has 1 fully saturated rings. The number of fused-ring (bicyclic) bond motifs is 6. The zero-order chi connectivity index (χ0) is 17.8. The van der Waals surface area contributed by atoms with Gasteiger partial charge in [0.25, 0.3) is 0 Å². The van der Waals surface area contributed by atoms with Crippen LogP contribution in [0.5, 0.6) is 0 Å². The van der Waals surface area contributed by atoms with Crippen LogP contribution >= 0.6 is 11.6 Å². The van der Waals surface area contributed by atoms with Gasteiger partial charge in [0.05, 0.1) is 0 Å².